The topological polar surface area (TPSA) is 46.6 Å². The molecule has 1 N–H and O–H groups in total. The van der Waals surface area contributed by atoms with Crippen molar-refractivity contribution in [2.24, 2.45) is 5.92 Å². The van der Waals surface area contributed by atoms with Crippen LogP contribution < -0.4 is 14.8 Å². The Labute approximate surface area is 155 Å². The van der Waals surface area contributed by atoms with Crippen molar-refractivity contribution in [3.63, 3.8) is 0 Å². The zero-order valence-electron chi connectivity index (χ0n) is 15.7. The van der Waals surface area contributed by atoms with Crippen molar-refractivity contribution in [1.29, 1.82) is 0 Å². The van der Waals surface area contributed by atoms with Crippen LogP contribution in [-0.4, -0.2) is 49.3 Å². The standard InChI is InChI=1S/C21H27N3O2/c1-14-21(15-8-10-24(14)11-9-15)23-17-5-6-18(22-13-17)16-4-7-19(25-2)20(12-16)26-3/h4-7,12-15,21,23H,8-11H2,1-3H3/t14-,21-/m1/s1. The van der Waals surface area contributed by atoms with Crippen LogP contribution in [0, 0.1) is 5.92 Å². The largest absolute Gasteiger partial charge is 0.493 e. The van der Waals surface area contributed by atoms with Gasteiger partial charge in [-0.15, -0.1) is 0 Å². The molecule has 3 aliphatic heterocycles. The van der Waals surface area contributed by atoms with Gasteiger partial charge in [0.1, 0.15) is 0 Å². The number of hydrogen-bond acceptors (Lipinski definition) is 5. The number of aromatic nitrogens is 1. The number of nitrogens with one attached hydrogen (secondary N) is 1. The molecule has 0 amide bonds. The van der Waals surface area contributed by atoms with Crippen LogP contribution in [0.15, 0.2) is 36.5 Å². The molecule has 1 aromatic carbocycles. The SMILES string of the molecule is COc1ccc(-c2ccc(N[C@H]3C4CCN(CC4)[C@@H]3C)cn2)cc1OC. The van der Waals surface area contributed by atoms with E-state index in [9.17, 15) is 0 Å². The molecule has 2 bridgehead atoms. The minimum absolute atomic E-state index is 0.520. The minimum Gasteiger partial charge on any atom is -0.493 e. The maximum Gasteiger partial charge on any atom is 0.161 e. The van der Waals surface area contributed by atoms with Gasteiger partial charge >= 0.3 is 0 Å². The van der Waals surface area contributed by atoms with Crippen LogP contribution in [0.3, 0.4) is 0 Å². The predicted molar refractivity (Wildman–Crippen MR) is 104 cm³/mol. The summed E-state index contributed by atoms with van der Waals surface area (Å²) in [6.07, 6.45) is 4.55. The van der Waals surface area contributed by atoms with Crippen molar-refractivity contribution < 1.29 is 9.47 Å². The normalized spacial score (nSPS) is 27.2. The first-order chi connectivity index (χ1) is 12.7. The fraction of sp³-hybridized carbons (Fsp3) is 0.476. The summed E-state index contributed by atoms with van der Waals surface area (Å²) >= 11 is 0. The highest BCUT2D eigenvalue weighted by atomic mass is 16.5. The van der Waals surface area contributed by atoms with Gasteiger partial charge in [0.25, 0.3) is 0 Å². The number of benzene rings is 1. The Morgan fingerprint density at radius 3 is 2.42 bits per heavy atom. The van der Waals surface area contributed by atoms with E-state index in [2.05, 4.69) is 34.3 Å². The van der Waals surface area contributed by atoms with Gasteiger partial charge in [-0.1, -0.05) is 0 Å². The van der Waals surface area contributed by atoms with Crippen molar-refractivity contribution in [2.45, 2.75) is 31.8 Å². The van der Waals surface area contributed by atoms with Crippen molar-refractivity contribution in [3.8, 4) is 22.8 Å². The second-order valence-electron chi connectivity index (χ2n) is 7.29. The Kier molecular flexibility index (Phi) is 4.72. The zero-order valence-corrected chi connectivity index (χ0v) is 15.7. The highest BCUT2D eigenvalue weighted by Gasteiger charge is 2.39. The third-order valence-corrected chi connectivity index (χ3v) is 5.95. The van der Waals surface area contributed by atoms with Gasteiger partial charge in [0.05, 0.1) is 31.8 Å². The van der Waals surface area contributed by atoms with Gasteiger partial charge < -0.3 is 14.8 Å². The van der Waals surface area contributed by atoms with Crippen molar-refractivity contribution in [2.75, 3.05) is 32.6 Å². The van der Waals surface area contributed by atoms with Crippen molar-refractivity contribution in [1.82, 2.24) is 9.88 Å². The third-order valence-electron chi connectivity index (χ3n) is 5.95. The molecule has 4 heterocycles. The van der Waals surface area contributed by atoms with Gasteiger partial charge in [0, 0.05) is 17.6 Å². The van der Waals surface area contributed by atoms with Crippen LogP contribution in [0.5, 0.6) is 11.5 Å². The third kappa shape index (κ3) is 3.12. The summed E-state index contributed by atoms with van der Waals surface area (Å²) < 4.78 is 10.7. The van der Waals surface area contributed by atoms with Gasteiger partial charge in [0.15, 0.2) is 11.5 Å². The van der Waals surface area contributed by atoms with E-state index in [0.717, 1.165) is 34.4 Å². The van der Waals surface area contributed by atoms with Crippen LogP contribution in [0.25, 0.3) is 11.3 Å². The van der Waals surface area contributed by atoms with Gasteiger partial charge in [-0.25, -0.2) is 0 Å². The number of fused-ring (bicyclic) bond motifs is 3. The molecule has 0 aliphatic carbocycles. The lowest BCUT2D eigenvalue weighted by Gasteiger charge is -2.50. The highest BCUT2D eigenvalue weighted by Crippen LogP contribution is 2.35. The molecule has 138 valence electrons. The fourth-order valence-corrected chi connectivity index (χ4v) is 4.38. The average Bonchev–Trinajstić information content (AvgIpc) is 2.71. The number of ether oxygens (including phenoxy) is 2. The molecule has 1 aromatic heterocycles. The molecule has 0 unspecified atom stereocenters. The lowest BCUT2D eigenvalue weighted by Crippen LogP contribution is -2.59. The van der Waals surface area contributed by atoms with E-state index in [1.165, 1.54) is 25.9 Å². The molecule has 0 radical (unpaired) electrons. The van der Waals surface area contributed by atoms with Crippen LogP contribution in [0.2, 0.25) is 0 Å². The molecular weight excluding hydrogens is 326 g/mol. The number of methoxy groups -OCH3 is 2. The first kappa shape index (κ1) is 17.2. The summed E-state index contributed by atoms with van der Waals surface area (Å²) in [5, 5.41) is 3.73. The van der Waals surface area contributed by atoms with E-state index in [1.807, 2.05) is 24.4 Å². The van der Waals surface area contributed by atoms with Crippen LogP contribution in [-0.2, 0) is 0 Å². The molecular formula is C21H27N3O2. The lowest BCUT2D eigenvalue weighted by molar-refractivity contribution is 0.0458. The summed E-state index contributed by atoms with van der Waals surface area (Å²) in [5.41, 5.74) is 3.05. The first-order valence-electron chi connectivity index (χ1n) is 9.38. The maximum atomic E-state index is 5.39. The number of nitrogens with zero attached hydrogens (tertiary/aromatic N) is 2. The Hall–Kier alpha value is -2.27. The Morgan fingerprint density at radius 2 is 1.81 bits per heavy atom. The van der Waals surface area contributed by atoms with Crippen molar-refractivity contribution >= 4 is 5.69 Å². The predicted octanol–water partition coefficient (Wildman–Crippen LogP) is 3.66. The fourth-order valence-electron chi connectivity index (χ4n) is 4.38. The number of anilines is 1. The molecule has 3 fully saturated rings. The van der Waals surface area contributed by atoms with Gasteiger partial charge in [-0.2, -0.15) is 0 Å². The summed E-state index contributed by atoms with van der Waals surface area (Å²) in [4.78, 5) is 7.26. The molecule has 26 heavy (non-hydrogen) atoms. The average molecular weight is 353 g/mol. The van der Waals surface area contributed by atoms with Crippen LogP contribution in [0.4, 0.5) is 5.69 Å². The van der Waals surface area contributed by atoms with E-state index >= 15 is 0 Å². The van der Waals surface area contributed by atoms with Crippen LogP contribution in [0.1, 0.15) is 19.8 Å². The second-order valence-corrected chi connectivity index (χ2v) is 7.29. The van der Waals surface area contributed by atoms with E-state index in [0.29, 0.717) is 12.1 Å². The molecule has 3 aliphatic rings. The highest BCUT2D eigenvalue weighted by molar-refractivity contribution is 5.65. The van der Waals surface area contributed by atoms with Crippen LogP contribution >= 0.6 is 0 Å². The quantitative estimate of drug-likeness (QED) is 0.889. The molecule has 5 heteroatoms. The zero-order chi connectivity index (χ0) is 18.1. The molecule has 5 rings (SSSR count). The Balaban J connectivity index is 1.50. The maximum absolute atomic E-state index is 5.39. The van der Waals surface area contributed by atoms with E-state index in [1.54, 1.807) is 14.2 Å². The summed E-state index contributed by atoms with van der Waals surface area (Å²) in [6, 6.07) is 11.2. The number of pyridine rings is 1. The lowest BCUT2D eigenvalue weighted by atomic mass is 9.79. The Morgan fingerprint density at radius 1 is 1.04 bits per heavy atom. The van der Waals surface area contributed by atoms with E-state index < -0.39 is 0 Å². The molecule has 0 saturated carbocycles. The summed E-state index contributed by atoms with van der Waals surface area (Å²) in [5.74, 6) is 2.22. The number of hydrogen-bond donors (Lipinski definition) is 1. The van der Waals surface area contributed by atoms with Crippen molar-refractivity contribution in [3.05, 3.63) is 36.5 Å². The molecule has 5 nitrogen and oxygen atoms in total. The van der Waals surface area contributed by atoms with Gasteiger partial charge in [-0.05, 0) is 69.1 Å². The molecule has 2 atom stereocenters. The minimum atomic E-state index is 0.520. The second kappa shape index (κ2) is 7.16. The van der Waals surface area contributed by atoms with E-state index in [4.69, 9.17) is 9.47 Å². The summed E-state index contributed by atoms with van der Waals surface area (Å²) in [6.45, 7) is 4.84. The number of piperidine rings is 3. The first-order valence-corrected chi connectivity index (χ1v) is 9.38. The summed E-state index contributed by atoms with van der Waals surface area (Å²) in [7, 11) is 3.29. The molecule has 3 saturated heterocycles. The monoisotopic (exact) mass is 353 g/mol. The molecule has 2 aromatic rings. The smallest absolute Gasteiger partial charge is 0.161 e. The van der Waals surface area contributed by atoms with E-state index in [-0.39, 0.29) is 0 Å². The van der Waals surface area contributed by atoms with Gasteiger partial charge in [-0.3, -0.25) is 9.88 Å². The van der Waals surface area contributed by atoms with Gasteiger partial charge in [0.2, 0.25) is 0 Å². The Bertz CT molecular complexity index is 752. The number of rotatable bonds is 5. The molecule has 0 spiro atoms.